The van der Waals surface area contributed by atoms with Crippen molar-refractivity contribution in [2.24, 2.45) is 23.7 Å². The van der Waals surface area contributed by atoms with E-state index in [4.69, 9.17) is 4.43 Å². The molecule has 0 heterocycles. The second-order valence-electron chi connectivity index (χ2n) is 8.60. The molecular formula is C20H34O2Si. The van der Waals surface area contributed by atoms with Gasteiger partial charge in [0, 0.05) is 5.92 Å². The molecule has 130 valence electrons. The van der Waals surface area contributed by atoms with E-state index >= 15 is 0 Å². The Bertz CT molecular complexity index is 488. The van der Waals surface area contributed by atoms with Crippen LogP contribution in [0.25, 0.3) is 0 Å². The summed E-state index contributed by atoms with van der Waals surface area (Å²) in [4.78, 5) is 0. The third-order valence-electron chi connectivity index (χ3n) is 5.45. The molecule has 2 nitrogen and oxygen atoms in total. The van der Waals surface area contributed by atoms with E-state index in [0.29, 0.717) is 24.2 Å². The van der Waals surface area contributed by atoms with Crippen LogP contribution in [0.4, 0.5) is 0 Å². The summed E-state index contributed by atoms with van der Waals surface area (Å²) in [5, 5.41) is 10.9. The lowest BCUT2D eigenvalue weighted by Gasteiger charge is -2.58. The fourth-order valence-corrected chi connectivity index (χ4v) is 6.41. The van der Waals surface area contributed by atoms with Crippen molar-refractivity contribution in [2.75, 3.05) is 0 Å². The maximum atomic E-state index is 10.9. The minimum atomic E-state index is -1.75. The van der Waals surface area contributed by atoms with Gasteiger partial charge in [-0.05, 0) is 62.2 Å². The van der Waals surface area contributed by atoms with E-state index in [-0.39, 0.29) is 17.6 Å². The molecule has 2 bridgehead atoms. The van der Waals surface area contributed by atoms with E-state index in [0.717, 1.165) is 12.8 Å². The zero-order chi connectivity index (χ0) is 17.4. The van der Waals surface area contributed by atoms with Crippen molar-refractivity contribution in [1.29, 1.82) is 0 Å². The highest BCUT2D eigenvalue weighted by Crippen LogP contribution is 2.57. The van der Waals surface area contributed by atoms with Crippen molar-refractivity contribution in [1.82, 2.24) is 0 Å². The average Bonchev–Trinajstić information content (AvgIpc) is 2.44. The lowest BCUT2D eigenvalue weighted by atomic mass is 9.53. The van der Waals surface area contributed by atoms with Gasteiger partial charge in [-0.3, -0.25) is 0 Å². The Morgan fingerprint density at radius 1 is 1.39 bits per heavy atom. The molecule has 3 rings (SSSR count). The first kappa shape index (κ1) is 18.7. The maximum absolute atomic E-state index is 10.9. The Morgan fingerprint density at radius 3 is 2.52 bits per heavy atom. The largest absolute Gasteiger partial charge is 0.408 e. The molecule has 1 saturated carbocycles. The van der Waals surface area contributed by atoms with E-state index in [2.05, 4.69) is 52.7 Å². The summed E-state index contributed by atoms with van der Waals surface area (Å²) in [6.07, 6.45) is 8.56. The summed E-state index contributed by atoms with van der Waals surface area (Å²) in [6, 6.07) is 0. The van der Waals surface area contributed by atoms with Gasteiger partial charge in [-0.1, -0.05) is 38.7 Å². The zero-order valence-corrected chi connectivity index (χ0v) is 16.5. The van der Waals surface area contributed by atoms with Crippen LogP contribution in [-0.4, -0.2) is 25.1 Å². The fraction of sp³-hybridized carbons (Fsp3) is 0.700. The second kappa shape index (κ2) is 6.70. The number of allylic oxidation sites excluding steroid dienone is 2. The van der Waals surface area contributed by atoms with Crippen LogP contribution in [0.2, 0.25) is 19.6 Å². The molecule has 0 saturated heterocycles. The monoisotopic (exact) mass is 334 g/mol. The van der Waals surface area contributed by atoms with E-state index in [9.17, 15) is 5.11 Å². The van der Waals surface area contributed by atoms with E-state index in [1.54, 1.807) is 0 Å². The van der Waals surface area contributed by atoms with Crippen LogP contribution in [-0.2, 0) is 4.43 Å². The highest BCUT2D eigenvalue weighted by atomic mass is 28.4. The zero-order valence-electron chi connectivity index (χ0n) is 15.5. The minimum absolute atomic E-state index is 0.148. The number of hydrogen-bond donors (Lipinski definition) is 1. The molecule has 1 N–H and O–H groups in total. The van der Waals surface area contributed by atoms with Gasteiger partial charge < -0.3 is 9.53 Å². The maximum Gasteiger partial charge on any atom is 0.184 e. The average molecular weight is 335 g/mol. The van der Waals surface area contributed by atoms with Gasteiger partial charge in [-0.15, -0.1) is 6.58 Å². The van der Waals surface area contributed by atoms with Crippen LogP contribution in [0.1, 0.15) is 33.1 Å². The van der Waals surface area contributed by atoms with Crippen LogP contribution >= 0.6 is 0 Å². The van der Waals surface area contributed by atoms with E-state index < -0.39 is 8.32 Å². The van der Waals surface area contributed by atoms with Crippen LogP contribution < -0.4 is 0 Å². The lowest BCUT2D eigenvalue weighted by molar-refractivity contribution is -0.115. The normalized spacial score (nSPS) is 35.1. The Balaban J connectivity index is 2.54. The second-order valence-corrected chi connectivity index (χ2v) is 13.0. The molecule has 0 amide bonds. The van der Waals surface area contributed by atoms with Crippen molar-refractivity contribution >= 4 is 8.32 Å². The Hall–Kier alpha value is -0.643. The van der Waals surface area contributed by atoms with Crippen LogP contribution in [0.3, 0.4) is 0 Å². The van der Waals surface area contributed by atoms with Crippen molar-refractivity contribution in [3.8, 4) is 0 Å². The third kappa shape index (κ3) is 3.57. The van der Waals surface area contributed by atoms with Gasteiger partial charge in [0.1, 0.15) is 0 Å². The summed E-state index contributed by atoms with van der Waals surface area (Å²) < 4.78 is 6.77. The number of aliphatic hydroxyl groups is 1. The number of fused-ring (bicyclic) bond motifs is 2. The molecule has 1 fully saturated rings. The first-order valence-electron chi connectivity index (χ1n) is 8.99. The molecule has 3 aliphatic rings. The molecule has 1 unspecified atom stereocenters. The summed E-state index contributed by atoms with van der Waals surface area (Å²) >= 11 is 0. The topological polar surface area (TPSA) is 29.5 Å². The van der Waals surface area contributed by atoms with E-state index in [1.165, 1.54) is 5.57 Å². The SMILES string of the molecule is C=CC[C@H](O)[C@H]1[C@H](C(C)C)C2CC[C@@]1(O[Si](C)(C)C)C=C2C=C. The molecule has 0 aliphatic heterocycles. The molecule has 0 aromatic heterocycles. The summed E-state index contributed by atoms with van der Waals surface area (Å²) in [7, 11) is -1.75. The fourth-order valence-electron chi connectivity index (χ4n) is 4.97. The van der Waals surface area contributed by atoms with E-state index in [1.807, 2.05) is 12.2 Å². The molecule has 3 heteroatoms. The number of hydrogen-bond acceptors (Lipinski definition) is 2. The molecular weight excluding hydrogens is 300 g/mol. The van der Waals surface area contributed by atoms with Crippen molar-refractivity contribution in [3.63, 3.8) is 0 Å². The molecule has 23 heavy (non-hydrogen) atoms. The summed E-state index contributed by atoms with van der Waals surface area (Å²) in [5.41, 5.74) is 0.996. The van der Waals surface area contributed by atoms with Crippen molar-refractivity contribution < 1.29 is 9.53 Å². The van der Waals surface area contributed by atoms with Gasteiger partial charge in [0.2, 0.25) is 0 Å². The summed E-state index contributed by atoms with van der Waals surface area (Å²) in [6.45, 7) is 19.2. The first-order chi connectivity index (χ1) is 10.6. The predicted octanol–water partition coefficient (Wildman–Crippen LogP) is 4.94. The van der Waals surface area contributed by atoms with Crippen molar-refractivity contribution in [2.45, 2.75) is 64.5 Å². The van der Waals surface area contributed by atoms with Gasteiger partial charge in [-0.2, -0.15) is 0 Å². The summed E-state index contributed by atoms with van der Waals surface area (Å²) in [5.74, 6) is 1.60. The smallest absolute Gasteiger partial charge is 0.184 e. The predicted molar refractivity (Wildman–Crippen MR) is 101 cm³/mol. The first-order valence-corrected chi connectivity index (χ1v) is 12.4. The van der Waals surface area contributed by atoms with Gasteiger partial charge in [-0.25, -0.2) is 0 Å². The molecule has 0 aromatic carbocycles. The number of rotatable bonds is 7. The molecule has 0 radical (unpaired) electrons. The Morgan fingerprint density at radius 2 is 2.04 bits per heavy atom. The van der Waals surface area contributed by atoms with Gasteiger partial charge >= 0.3 is 0 Å². The van der Waals surface area contributed by atoms with Gasteiger partial charge in [0.25, 0.3) is 0 Å². The molecule has 5 atom stereocenters. The highest BCUT2D eigenvalue weighted by Gasteiger charge is 2.57. The quantitative estimate of drug-likeness (QED) is 0.528. The Kier molecular flexibility index (Phi) is 5.44. The minimum Gasteiger partial charge on any atom is -0.408 e. The van der Waals surface area contributed by atoms with Crippen molar-refractivity contribution in [3.05, 3.63) is 37.0 Å². The van der Waals surface area contributed by atoms with Gasteiger partial charge in [0.05, 0.1) is 11.7 Å². The molecule has 0 aromatic rings. The van der Waals surface area contributed by atoms with Crippen LogP contribution in [0.5, 0.6) is 0 Å². The Labute approximate surface area is 143 Å². The number of aliphatic hydroxyl groups excluding tert-OH is 1. The van der Waals surface area contributed by atoms with Crippen LogP contribution in [0.15, 0.2) is 37.0 Å². The molecule has 0 spiro atoms. The molecule has 3 aliphatic carbocycles. The van der Waals surface area contributed by atoms with Crippen LogP contribution in [0, 0.1) is 23.7 Å². The standard InChI is InChI=1S/C20H34O2Si/c1-8-10-17(21)19-18(14(3)4)16-11-12-20(19,13-15(16)9-2)22-23(5,6)7/h8-9,13-14,16-19,21H,1-2,10-12H2,3-7H3/t16?,17-,18+,19-,20+/m0/s1. The highest BCUT2D eigenvalue weighted by molar-refractivity contribution is 6.69. The third-order valence-corrected chi connectivity index (χ3v) is 6.45. The lowest BCUT2D eigenvalue weighted by Crippen LogP contribution is -2.61. The van der Waals surface area contributed by atoms with Gasteiger partial charge in [0.15, 0.2) is 8.32 Å².